The number of rotatable bonds is 7. The molecule has 2 rings (SSSR count). The fourth-order valence-electron chi connectivity index (χ4n) is 1.97. The van der Waals surface area contributed by atoms with Gasteiger partial charge in [-0.25, -0.2) is 9.78 Å². The molecule has 0 aliphatic heterocycles. The summed E-state index contributed by atoms with van der Waals surface area (Å²) in [5.74, 6) is -0.474. The molecule has 10 heteroatoms. The molecule has 1 aromatic carbocycles. The Morgan fingerprint density at radius 2 is 2.12 bits per heavy atom. The summed E-state index contributed by atoms with van der Waals surface area (Å²) >= 11 is 0.740. The Morgan fingerprint density at radius 3 is 2.77 bits per heavy atom. The minimum absolute atomic E-state index is 0.0860. The molecule has 1 aromatic heterocycles. The van der Waals surface area contributed by atoms with Crippen LogP contribution in [0, 0.1) is 10.1 Å². The first-order valence-electron chi connectivity index (χ1n) is 7.86. The SMILES string of the molecule is CCCCN(C)C(=O)Oc1ccccc1C(=O)Nc1ncc([N+](=O)[O-])s1. The lowest BCUT2D eigenvalue weighted by Gasteiger charge is -2.17. The second kappa shape index (κ2) is 8.90. The summed E-state index contributed by atoms with van der Waals surface area (Å²) in [7, 11) is 1.62. The molecular formula is C16H18N4O5S. The lowest BCUT2D eigenvalue weighted by molar-refractivity contribution is -0.380. The zero-order chi connectivity index (χ0) is 19.1. The van der Waals surface area contributed by atoms with Gasteiger partial charge in [0.1, 0.15) is 11.9 Å². The van der Waals surface area contributed by atoms with Crippen LogP contribution in [0.2, 0.25) is 0 Å². The molecule has 0 bridgehead atoms. The van der Waals surface area contributed by atoms with Gasteiger partial charge >= 0.3 is 11.1 Å². The molecule has 0 saturated carbocycles. The number of aromatic nitrogens is 1. The van der Waals surface area contributed by atoms with Crippen LogP contribution in [-0.4, -0.2) is 40.4 Å². The van der Waals surface area contributed by atoms with Crippen molar-refractivity contribution in [2.75, 3.05) is 18.9 Å². The molecule has 0 atom stereocenters. The summed E-state index contributed by atoms with van der Waals surface area (Å²) < 4.78 is 5.31. The van der Waals surface area contributed by atoms with Crippen molar-refractivity contribution in [3.05, 3.63) is 46.1 Å². The third kappa shape index (κ3) is 4.99. The lowest BCUT2D eigenvalue weighted by Crippen LogP contribution is -2.31. The average molecular weight is 378 g/mol. The van der Waals surface area contributed by atoms with E-state index < -0.39 is 16.9 Å². The second-order valence-electron chi connectivity index (χ2n) is 5.35. The predicted octanol–water partition coefficient (Wildman–Crippen LogP) is 3.53. The first-order chi connectivity index (χ1) is 12.4. The Hall–Kier alpha value is -3.01. The van der Waals surface area contributed by atoms with Crippen molar-refractivity contribution in [1.29, 1.82) is 0 Å². The number of nitro groups is 1. The van der Waals surface area contributed by atoms with E-state index >= 15 is 0 Å². The van der Waals surface area contributed by atoms with Crippen molar-refractivity contribution >= 4 is 33.5 Å². The first kappa shape index (κ1) is 19.3. The van der Waals surface area contributed by atoms with Gasteiger partial charge in [0.05, 0.1) is 10.5 Å². The molecule has 0 unspecified atom stereocenters. The molecule has 0 radical (unpaired) electrons. The molecule has 0 saturated heterocycles. The fraction of sp³-hybridized carbons (Fsp3) is 0.312. The van der Waals surface area contributed by atoms with Crippen LogP contribution in [0.3, 0.4) is 0 Å². The van der Waals surface area contributed by atoms with Crippen molar-refractivity contribution < 1.29 is 19.2 Å². The molecule has 0 aliphatic rings. The molecule has 1 heterocycles. The van der Waals surface area contributed by atoms with Gasteiger partial charge in [0.25, 0.3) is 5.91 Å². The number of anilines is 1. The highest BCUT2D eigenvalue weighted by molar-refractivity contribution is 7.18. The predicted molar refractivity (Wildman–Crippen MR) is 96.7 cm³/mol. The third-order valence-corrected chi connectivity index (χ3v) is 4.25. The molecule has 138 valence electrons. The molecule has 0 spiro atoms. The van der Waals surface area contributed by atoms with Gasteiger partial charge in [-0.1, -0.05) is 25.5 Å². The number of nitrogens with zero attached hydrogens (tertiary/aromatic N) is 3. The maximum absolute atomic E-state index is 12.4. The van der Waals surface area contributed by atoms with Crippen molar-refractivity contribution in [3.63, 3.8) is 0 Å². The maximum atomic E-state index is 12.4. The van der Waals surface area contributed by atoms with E-state index in [0.717, 1.165) is 30.4 Å². The zero-order valence-corrected chi connectivity index (χ0v) is 15.1. The van der Waals surface area contributed by atoms with E-state index in [2.05, 4.69) is 10.3 Å². The number of ether oxygens (including phenoxy) is 1. The Morgan fingerprint density at radius 1 is 1.38 bits per heavy atom. The highest BCUT2D eigenvalue weighted by Crippen LogP contribution is 2.26. The van der Waals surface area contributed by atoms with Crippen molar-refractivity contribution in [2.24, 2.45) is 0 Å². The second-order valence-corrected chi connectivity index (χ2v) is 6.36. The van der Waals surface area contributed by atoms with E-state index in [1.165, 1.54) is 17.0 Å². The van der Waals surface area contributed by atoms with Gasteiger partial charge in [-0.15, -0.1) is 0 Å². The van der Waals surface area contributed by atoms with Crippen LogP contribution >= 0.6 is 11.3 Å². The fourth-order valence-corrected chi connectivity index (χ4v) is 2.60. The summed E-state index contributed by atoms with van der Waals surface area (Å²) in [6, 6.07) is 6.26. The van der Waals surface area contributed by atoms with E-state index in [-0.39, 0.29) is 21.4 Å². The molecule has 9 nitrogen and oxygen atoms in total. The molecule has 26 heavy (non-hydrogen) atoms. The molecule has 0 fully saturated rings. The number of benzene rings is 1. The van der Waals surface area contributed by atoms with Gasteiger partial charge in [-0.3, -0.25) is 20.2 Å². The largest absolute Gasteiger partial charge is 0.414 e. The van der Waals surface area contributed by atoms with Crippen LogP contribution in [0.1, 0.15) is 30.1 Å². The Labute approximate surface area is 153 Å². The van der Waals surface area contributed by atoms with Crippen molar-refractivity contribution in [2.45, 2.75) is 19.8 Å². The lowest BCUT2D eigenvalue weighted by atomic mass is 10.2. The Balaban J connectivity index is 2.10. The third-order valence-electron chi connectivity index (χ3n) is 3.38. The van der Waals surface area contributed by atoms with Crippen LogP contribution in [0.4, 0.5) is 14.9 Å². The summed E-state index contributed by atoms with van der Waals surface area (Å²) in [6.45, 7) is 2.56. The Bertz CT molecular complexity index is 807. The molecule has 2 amide bonds. The molecule has 2 aromatic rings. The zero-order valence-electron chi connectivity index (χ0n) is 14.3. The van der Waals surface area contributed by atoms with Crippen LogP contribution < -0.4 is 10.1 Å². The monoisotopic (exact) mass is 378 g/mol. The number of carbonyl (C=O) groups is 2. The minimum atomic E-state index is -0.588. The topological polar surface area (TPSA) is 115 Å². The smallest absolute Gasteiger partial charge is 0.409 e. The van der Waals surface area contributed by atoms with Crippen LogP contribution in [0.25, 0.3) is 0 Å². The van der Waals surface area contributed by atoms with Crippen molar-refractivity contribution in [1.82, 2.24) is 9.88 Å². The minimum Gasteiger partial charge on any atom is -0.409 e. The van der Waals surface area contributed by atoms with Gasteiger partial charge in [-0.2, -0.15) is 0 Å². The summed E-state index contributed by atoms with van der Waals surface area (Å²) in [5.41, 5.74) is 0.127. The molecule has 0 aliphatic carbocycles. The number of para-hydroxylation sites is 1. The highest BCUT2D eigenvalue weighted by atomic mass is 32.1. The Kier molecular flexibility index (Phi) is 6.61. The average Bonchev–Trinajstić information content (AvgIpc) is 3.08. The van der Waals surface area contributed by atoms with Crippen molar-refractivity contribution in [3.8, 4) is 5.75 Å². The number of nitrogens with one attached hydrogen (secondary N) is 1. The summed E-state index contributed by atoms with van der Waals surface area (Å²) in [5, 5.41) is 13.1. The van der Waals surface area contributed by atoms with Gasteiger partial charge in [0.15, 0.2) is 5.13 Å². The number of carbonyl (C=O) groups excluding carboxylic acids is 2. The van der Waals surface area contributed by atoms with Gasteiger partial charge in [0, 0.05) is 13.6 Å². The quantitative estimate of drug-likeness (QED) is 0.582. The normalized spacial score (nSPS) is 10.2. The number of hydrogen-bond donors (Lipinski definition) is 1. The van der Waals surface area contributed by atoms with E-state index in [1.54, 1.807) is 19.2 Å². The maximum Gasteiger partial charge on any atom is 0.414 e. The summed E-state index contributed by atoms with van der Waals surface area (Å²) in [6.07, 6.45) is 2.28. The first-order valence-corrected chi connectivity index (χ1v) is 8.67. The van der Waals surface area contributed by atoms with Gasteiger partial charge < -0.3 is 9.64 Å². The number of thiazole rings is 1. The van der Waals surface area contributed by atoms with Crippen LogP contribution in [0.15, 0.2) is 30.5 Å². The number of hydrogen-bond acceptors (Lipinski definition) is 7. The summed E-state index contributed by atoms with van der Waals surface area (Å²) in [4.78, 5) is 39.8. The molecule has 1 N–H and O–H groups in total. The van der Waals surface area contributed by atoms with Gasteiger partial charge in [0.2, 0.25) is 0 Å². The molecular weight excluding hydrogens is 360 g/mol. The number of amides is 2. The van der Waals surface area contributed by atoms with E-state index in [9.17, 15) is 19.7 Å². The van der Waals surface area contributed by atoms with Crippen LogP contribution in [-0.2, 0) is 0 Å². The van der Waals surface area contributed by atoms with E-state index in [4.69, 9.17) is 4.74 Å². The van der Waals surface area contributed by atoms with E-state index in [0.29, 0.717) is 6.54 Å². The standard InChI is InChI=1S/C16H18N4O5S/c1-3-4-9-19(2)16(22)25-12-8-6-5-7-11(12)14(21)18-15-17-10-13(26-15)20(23)24/h5-8,10H,3-4,9H2,1-2H3,(H,17,18,21). The van der Waals surface area contributed by atoms with E-state index in [1.807, 2.05) is 6.92 Å². The number of unbranched alkanes of at least 4 members (excludes halogenated alkanes) is 1. The van der Waals surface area contributed by atoms with Gasteiger partial charge in [-0.05, 0) is 29.9 Å². The van der Waals surface area contributed by atoms with Crippen LogP contribution in [0.5, 0.6) is 5.75 Å². The highest BCUT2D eigenvalue weighted by Gasteiger charge is 2.19.